The number of likely N-dealkylation sites (N-methyl/N-ethyl adjacent to an activating group) is 1. The number of hydrogen-bond acceptors (Lipinski definition) is 4. The number of benzene rings is 2. The standard InChI is InChI=1S/C22H30N2O3/c1-15-7-9-19(16(2)13-15)23-22(25)17(3)24(4)12-11-18-8-10-20(26-5)21(14-18)27-6/h7-10,13-14,17H,11-12H2,1-6H3,(H,23,25)/t17-/m0/s1. The van der Waals surface area contributed by atoms with Crippen LogP contribution in [-0.4, -0.2) is 44.7 Å². The Kier molecular flexibility index (Phi) is 7.25. The topological polar surface area (TPSA) is 50.8 Å². The van der Waals surface area contributed by atoms with Gasteiger partial charge >= 0.3 is 0 Å². The highest BCUT2D eigenvalue weighted by Gasteiger charge is 2.18. The number of aryl methyl sites for hydroxylation is 2. The van der Waals surface area contributed by atoms with E-state index >= 15 is 0 Å². The molecule has 1 amide bonds. The van der Waals surface area contributed by atoms with E-state index in [0.29, 0.717) is 0 Å². The zero-order valence-electron chi connectivity index (χ0n) is 17.1. The van der Waals surface area contributed by atoms with Crippen molar-refractivity contribution in [2.24, 2.45) is 0 Å². The molecule has 0 aliphatic carbocycles. The van der Waals surface area contributed by atoms with Crippen LogP contribution in [0.3, 0.4) is 0 Å². The van der Waals surface area contributed by atoms with Crippen molar-refractivity contribution in [3.8, 4) is 11.5 Å². The zero-order valence-corrected chi connectivity index (χ0v) is 17.1. The van der Waals surface area contributed by atoms with Gasteiger partial charge in [0.05, 0.1) is 20.3 Å². The summed E-state index contributed by atoms with van der Waals surface area (Å²) < 4.78 is 10.6. The molecule has 0 saturated heterocycles. The van der Waals surface area contributed by atoms with Crippen molar-refractivity contribution in [1.82, 2.24) is 4.90 Å². The minimum Gasteiger partial charge on any atom is -0.493 e. The molecule has 0 saturated carbocycles. The summed E-state index contributed by atoms with van der Waals surface area (Å²) >= 11 is 0. The Balaban J connectivity index is 1.94. The third kappa shape index (κ3) is 5.47. The zero-order chi connectivity index (χ0) is 20.0. The number of nitrogens with zero attached hydrogens (tertiary/aromatic N) is 1. The molecule has 0 unspecified atom stereocenters. The van der Waals surface area contributed by atoms with Crippen LogP contribution in [0.5, 0.6) is 11.5 Å². The van der Waals surface area contributed by atoms with E-state index in [1.165, 1.54) is 5.56 Å². The van der Waals surface area contributed by atoms with Crippen molar-refractivity contribution in [2.45, 2.75) is 33.2 Å². The highest BCUT2D eigenvalue weighted by molar-refractivity contribution is 5.95. The van der Waals surface area contributed by atoms with Gasteiger partial charge in [-0.1, -0.05) is 23.8 Å². The number of methoxy groups -OCH3 is 2. The van der Waals surface area contributed by atoms with Gasteiger partial charge in [0.2, 0.25) is 5.91 Å². The molecule has 5 heteroatoms. The van der Waals surface area contributed by atoms with E-state index in [4.69, 9.17) is 9.47 Å². The molecule has 2 aromatic carbocycles. The van der Waals surface area contributed by atoms with E-state index in [0.717, 1.165) is 41.3 Å². The fraction of sp³-hybridized carbons (Fsp3) is 0.409. The molecular weight excluding hydrogens is 340 g/mol. The number of carbonyl (C=O) groups is 1. The average Bonchev–Trinajstić information content (AvgIpc) is 2.67. The number of amides is 1. The Bertz CT molecular complexity index is 789. The van der Waals surface area contributed by atoms with E-state index in [9.17, 15) is 4.79 Å². The molecule has 1 N–H and O–H groups in total. The lowest BCUT2D eigenvalue weighted by molar-refractivity contribution is -0.120. The molecule has 0 heterocycles. The highest BCUT2D eigenvalue weighted by Crippen LogP contribution is 2.27. The Morgan fingerprint density at radius 1 is 1.07 bits per heavy atom. The maximum Gasteiger partial charge on any atom is 0.241 e. The van der Waals surface area contributed by atoms with Gasteiger partial charge in [-0.3, -0.25) is 9.69 Å². The molecule has 1 atom stereocenters. The fourth-order valence-electron chi connectivity index (χ4n) is 2.93. The minimum absolute atomic E-state index is 0.00300. The van der Waals surface area contributed by atoms with Crippen molar-refractivity contribution >= 4 is 11.6 Å². The van der Waals surface area contributed by atoms with E-state index < -0.39 is 0 Å². The first-order valence-corrected chi connectivity index (χ1v) is 9.15. The van der Waals surface area contributed by atoms with Crippen molar-refractivity contribution < 1.29 is 14.3 Å². The molecule has 2 aromatic rings. The van der Waals surface area contributed by atoms with E-state index in [-0.39, 0.29) is 11.9 Å². The molecule has 0 aliphatic heterocycles. The van der Waals surface area contributed by atoms with Gasteiger partial charge in [0, 0.05) is 12.2 Å². The van der Waals surface area contributed by atoms with Crippen LogP contribution in [0.15, 0.2) is 36.4 Å². The van der Waals surface area contributed by atoms with Gasteiger partial charge in [-0.2, -0.15) is 0 Å². The Morgan fingerprint density at radius 2 is 1.78 bits per heavy atom. The summed E-state index contributed by atoms with van der Waals surface area (Å²) in [6, 6.07) is 11.7. The number of hydrogen-bond donors (Lipinski definition) is 1. The summed E-state index contributed by atoms with van der Waals surface area (Å²) in [5, 5.41) is 3.03. The van der Waals surface area contributed by atoms with Crippen LogP contribution in [0.1, 0.15) is 23.6 Å². The molecule has 0 fully saturated rings. The molecule has 5 nitrogen and oxygen atoms in total. The van der Waals surface area contributed by atoms with Gasteiger partial charge in [-0.25, -0.2) is 0 Å². The largest absolute Gasteiger partial charge is 0.493 e. The van der Waals surface area contributed by atoms with Crippen LogP contribution in [0, 0.1) is 13.8 Å². The van der Waals surface area contributed by atoms with Crippen LogP contribution < -0.4 is 14.8 Å². The number of rotatable bonds is 8. The summed E-state index contributed by atoms with van der Waals surface area (Å²) in [5.41, 5.74) is 4.27. The second-order valence-corrected chi connectivity index (χ2v) is 6.90. The normalized spacial score (nSPS) is 12.0. The lowest BCUT2D eigenvalue weighted by Crippen LogP contribution is -2.40. The molecule has 2 rings (SSSR count). The smallest absolute Gasteiger partial charge is 0.241 e. The predicted octanol–water partition coefficient (Wildman–Crippen LogP) is 3.82. The Labute approximate surface area is 162 Å². The van der Waals surface area contributed by atoms with Gasteiger partial charge < -0.3 is 14.8 Å². The third-order valence-corrected chi connectivity index (χ3v) is 4.88. The van der Waals surface area contributed by atoms with Crippen molar-refractivity contribution in [3.05, 3.63) is 53.1 Å². The highest BCUT2D eigenvalue weighted by atomic mass is 16.5. The summed E-state index contributed by atoms with van der Waals surface area (Å²) in [6.07, 6.45) is 0.817. The van der Waals surface area contributed by atoms with Gasteiger partial charge in [0.25, 0.3) is 0 Å². The molecule has 0 radical (unpaired) electrons. The summed E-state index contributed by atoms with van der Waals surface area (Å²) in [4.78, 5) is 14.6. The fourth-order valence-corrected chi connectivity index (χ4v) is 2.93. The summed E-state index contributed by atoms with van der Waals surface area (Å²) in [7, 11) is 5.22. The third-order valence-electron chi connectivity index (χ3n) is 4.88. The number of anilines is 1. The second-order valence-electron chi connectivity index (χ2n) is 6.90. The summed E-state index contributed by atoms with van der Waals surface area (Å²) in [5.74, 6) is 1.44. The number of nitrogens with one attached hydrogen (secondary N) is 1. The van der Waals surface area contributed by atoms with Crippen LogP contribution in [0.4, 0.5) is 5.69 Å². The van der Waals surface area contributed by atoms with Crippen LogP contribution >= 0.6 is 0 Å². The SMILES string of the molecule is COc1ccc(CCN(C)[C@@H](C)C(=O)Nc2ccc(C)cc2C)cc1OC. The predicted molar refractivity (Wildman–Crippen MR) is 110 cm³/mol. The first-order valence-electron chi connectivity index (χ1n) is 9.15. The maximum atomic E-state index is 12.6. The van der Waals surface area contributed by atoms with Crippen molar-refractivity contribution in [2.75, 3.05) is 33.1 Å². The second kappa shape index (κ2) is 9.42. The molecular formula is C22H30N2O3. The first-order chi connectivity index (χ1) is 12.8. The molecule has 146 valence electrons. The quantitative estimate of drug-likeness (QED) is 0.767. The van der Waals surface area contributed by atoms with E-state index in [2.05, 4.69) is 16.3 Å². The Morgan fingerprint density at radius 3 is 2.41 bits per heavy atom. The monoisotopic (exact) mass is 370 g/mol. The van der Waals surface area contributed by atoms with Gasteiger partial charge in [-0.05, 0) is 63.6 Å². The van der Waals surface area contributed by atoms with E-state index in [1.54, 1.807) is 14.2 Å². The number of carbonyl (C=O) groups excluding carboxylic acids is 1. The van der Waals surface area contributed by atoms with E-state index in [1.807, 2.05) is 58.2 Å². The minimum atomic E-state index is -0.231. The number of ether oxygens (including phenoxy) is 2. The summed E-state index contributed by atoms with van der Waals surface area (Å²) in [6.45, 7) is 6.74. The molecule has 27 heavy (non-hydrogen) atoms. The first kappa shape index (κ1) is 20.8. The van der Waals surface area contributed by atoms with Crippen LogP contribution in [0.2, 0.25) is 0 Å². The molecule has 0 bridgehead atoms. The molecule has 0 aromatic heterocycles. The van der Waals surface area contributed by atoms with Crippen LogP contribution in [0.25, 0.3) is 0 Å². The maximum absolute atomic E-state index is 12.6. The molecule has 0 spiro atoms. The lowest BCUT2D eigenvalue weighted by atomic mass is 10.1. The lowest BCUT2D eigenvalue weighted by Gasteiger charge is -2.24. The van der Waals surface area contributed by atoms with Gasteiger partial charge in [0.15, 0.2) is 11.5 Å². The Hall–Kier alpha value is -2.53. The van der Waals surface area contributed by atoms with Gasteiger partial charge in [-0.15, -0.1) is 0 Å². The van der Waals surface area contributed by atoms with Crippen LogP contribution in [-0.2, 0) is 11.2 Å². The van der Waals surface area contributed by atoms with Gasteiger partial charge in [0.1, 0.15) is 0 Å². The van der Waals surface area contributed by atoms with Crippen molar-refractivity contribution in [3.63, 3.8) is 0 Å². The average molecular weight is 370 g/mol. The van der Waals surface area contributed by atoms with Crippen molar-refractivity contribution in [1.29, 1.82) is 0 Å². The molecule has 0 aliphatic rings.